The first-order valence-electron chi connectivity index (χ1n) is 10.1. The normalized spacial score (nSPS) is 20.4. The van der Waals surface area contributed by atoms with Crippen LogP contribution in [0.3, 0.4) is 0 Å². The van der Waals surface area contributed by atoms with Gasteiger partial charge in [-0.2, -0.15) is 0 Å². The molecule has 0 spiro atoms. The first-order chi connectivity index (χ1) is 13.7. The van der Waals surface area contributed by atoms with Crippen LogP contribution in [0.4, 0.5) is 0 Å². The maximum absolute atomic E-state index is 13.0. The number of benzene rings is 1. The molecule has 1 aromatic heterocycles. The molecular formula is C21H28N4O3. The zero-order chi connectivity index (χ0) is 19.5. The molecule has 0 radical (unpaired) electrons. The molecule has 2 heterocycles. The Bertz CT molecular complexity index is 829. The van der Waals surface area contributed by atoms with Gasteiger partial charge in [-0.05, 0) is 25.3 Å². The Kier molecular flexibility index (Phi) is 5.50. The van der Waals surface area contributed by atoms with Crippen LogP contribution in [0, 0.1) is 0 Å². The standard InChI is InChI=1S/C21H28N4O3/c1-27-19-10-6-9-17(20(19)28-2)15-11-12-24(13-15)21(26)18-14-25(23-22-18)16-7-4-3-5-8-16/h6,9-10,14-16H,3-5,7-8,11-13H2,1-2H3/t15-/m1/s1. The maximum atomic E-state index is 13.0. The third-order valence-corrected chi connectivity index (χ3v) is 6.03. The highest BCUT2D eigenvalue weighted by Crippen LogP contribution is 2.39. The smallest absolute Gasteiger partial charge is 0.276 e. The van der Waals surface area contributed by atoms with E-state index < -0.39 is 0 Å². The van der Waals surface area contributed by atoms with Crippen LogP contribution in [0.15, 0.2) is 24.4 Å². The molecule has 1 aliphatic heterocycles. The van der Waals surface area contributed by atoms with Gasteiger partial charge in [-0.1, -0.05) is 36.6 Å². The second-order valence-corrected chi connectivity index (χ2v) is 7.70. The molecule has 1 amide bonds. The van der Waals surface area contributed by atoms with E-state index in [2.05, 4.69) is 16.4 Å². The summed E-state index contributed by atoms with van der Waals surface area (Å²) in [6.07, 6.45) is 8.72. The Morgan fingerprint density at radius 3 is 2.68 bits per heavy atom. The molecular weight excluding hydrogens is 356 g/mol. The van der Waals surface area contributed by atoms with Gasteiger partial charge in [0.15, 0.2) is 17.2 Å². The molecule has 28 heavy (non-hydrogen) atoms. The molecule has 1 atom stereocenters. The molecule has 1 saturated heterocycles. The van der Waals surface area contributed by atoms with Crippen LogP contribution in [-0.4, -0.2) is 53.1 Å². The van der Waals surface area contributed by atoms with Crippen molar-refractivity contribution >= 4 is 5.91 Å². The summed E-state index contributed by atoms with van der Waals surface area (Å²) >= 11 is 0. The van der Waals surface area contributed by atoms with Crippen LogP contribution < -0.4 is 9.47 Å². The van der Waals surface area contributed by atoms with Crippen LogP contribution in [0.25, 0.3) is 0 Å². The minimum atomic E-state index is -0.0357. The number of para-hydroxylation sites is 1. The van der Waals surface area contributed by atoms with E-state index in [4.69, 9.17) is 9.47 Å². The van der Waals surface area contributed by atoms with Crippen molar-refractivity contribution < 1.29 is 14.3 Å². The van der Waals surface area contributed by atoms with Gasteiger partial charge in [0.25, 0.3) is 5.91 Å². The first-order valence-corrected chi connectivity index (χ1v) is 10.1. The Morgan fingerprint density at radius 2 is 1.93 bits per heavy atom. The van der Waals surface area contributed by atoms with Crippen molar-refractivity contribution in [2.75, 3.05) is 27.3 Å². The molecule has 2 aliphatic rings. The van der Waals surface area contributed by atoms with Gasteiger partial charge in [0.05, 0.1) is 26.5 Å². The average molecular weight is 384 g/mol. The Labute approximate surface area is 165 Å². The summed E-state index contributed by atoms with van der Waals surface area (Å²) in [5.41, 5.74) is 1.53. The summed E-state index contributed by atoms with van der Waals surface area (Å²) in [6, 6.07) is 6.30. The van der Waals surface area contributed by atoms with Crippen LogP contribution in [0.5, 0.6) is 11.5 Å². The lowest BCUT2D eigenvalue weighted by Gasteiger charge is -2.21. The van der Waals surface area contributed by atoms with Crippen molar-refractivity contribution in [3.05, 3.63) is 35.7 Å². The van der Waals surface area contributed by atoms with Gasteiger partial charge in [0.2, 0.25) is 0 Å². The molecule has 0 N–H and O–H groups in total. The number of aromatic nitrogens is 3. The average Bonchev–Trinajstić information content (AvgIpc) is 3.43. The molecule has 1 aliphatic carbocycles. The highest BCUT2D eigenvalue weighted by Gasteiger charge is 2.32. The number of methoxy groups -OCH3 is 2. The van der Waals surface area contributed by atoms with Gasteiger partial charge in [-0.15, -0.1) is 5.10 Å². The molecule has 0 bridgehead atoms. The van der Waals surface area contributed by atoms with E-state index in [1.54, 1.807) is 14.2 Å². The van der Waals surface area contributed by atoms with Crippen LogP contribution in [0.1, 0.15) is 66.5 Å². The van der Waals surface area contributed by atoms with Crippen LogP contribution in [0.2, 0.25) is 0 Å². The molecule has 7 heteroatoms. The Morgan fingerprint density at radius 1 is 1.11 bits per heavy atom. The van der Waals surface area contributed by atoms with Crippen molar-refractivity contribution in [3.8, 4) is 11.5 Å². The zero-order valence-electron chi connectivity index (χ0n) is 16.6. The molecule has 4 rings (SSSR count). The number of ether oxygens (including phenoxy) is 2. The monoisotopic (exact) mass is 384 g/mol. The van der Waals surface area contributed by atoms with E-state index in [-0.39, 0.29) is 11.8 Å². The fraction of sp³-hybridized carbons (Fsp3) is 0.571. The van der Waals surface area contributed by atoms with Gasteiger partial charge >= 0.3 is 0 Å². The first kappa shape index (κ1) is 18.8. The summed E-state index contributed by atoms with van der Waals surface area (Å²) in [6.45, 7) is 1.36. The van der Waals surface area contributed by atoms with E-state index in [0.717, 1.165) is 36.3 Å². The maximum Gasteiger partial charge on any atom is 0.276 e. The molecule has 7 nitrogen and oxygen atoms in total. The number of hydrogen-bond donors (Lipinski definition) is 0. The highest BCUT2D eigenvalue weighted by molar-refractivity contribution is 5.92. The quantitative estimate of drug-likeness (QED) is 0.790. The summed E-state index contributed by atoms with van der Waals surface area (Å²) < 4.78 is 12.9. The Balaban J connectivity index is 1.46. The van der Waals surface area contributed by atoms with E-state index >= 15 is 0 Å². The molecule has 2 aromatic rings. The van der Waals surface area contributed by atoms with Crippen LogP contribution >= 0.6 is 0 Å². The van der Waals surface area contributed by atoms with E-state index in [0.29, 0.717) is 24.8 Å². The molecule has 2 fully saturated rings. The lowest BCUT2D eigenvalue weighted by Crippen LogP contribution is -2.28. The number of likely N-dealkylation sites (tertiary alicyclic amines) is 1. The number of amides is 1. The third-order valence-electron chi connectivity index (χ3n) is 6.03. The zero-order valence-corrected chi connectivity index (χ0v) is 16.6. The summed E-state index contributed by atoms with van der Waals surface area (Å²) in [5.74, 6) is 1.67. The van der Waals surface area contributed by atoms with Gasteiger partial charge in [0.1, 0.15) is 0 Å². The molecule has 1 saturated carbocycles. The highest BCUT2D eigenvalue weighted by atomic mass is 16.5. The topological polar surface area (TPSA) is 69.5 Å². The predicted molar refractivity (Wildman–Crippen MR) is 105 cm³/mol. The third kappa shape index (κ3) is 3.57. The van der Waals surface area contributed by atoms with E-state index in [9.17, 15) is 4.79 Å². The van der Waals surface area contributed by atoms with Crippen molar-refractivity contribution in [2.45, 2.75) is 50.5 Å². The fourth-order valence-corrected chi connectivity index (χ4v) is 4.49. The fourth-order valence-electron chi connectivity index (χ4n) is 4.49. The van der Waals surface area contributed by atoms with Gasteiger partial charge in [-0.25, -0.2) is 4.68 Å². The minimum Gasteiger partial charge on any atom is -0.493 e. The van der Waals surface area contributed by atoms with Gasteiger partial charge in [-0.3, -0.25) is 4.79 Å². The predicted octanol–water partition coefficient (Wildman–Crippen LogP) is 3.43. The number of hydrogen-bond acceptors (Lipinski definition) is 5. The number of carbonyl (C=O) groups is 1. The summed E-state index contributed by atoms with van der Waals surface area (Å²) in [7, 11) is 3.30. The summed E-state index contributed by atoms with van der Waals surface area (Å²) in [5, 5.41) is 8.41. The number of rotatable bonds is 5. The second kappa shape index (κ2) is 8.20. The Hall–Kier alpha value is -2.57. The molecule has 1 aromatic carbocycles. The van der Waals surface area contributed by atoms with Gasteiger partial charge in [0, 0.05) is 24.6 Å². The summed E-state index contributed by atoms with van der Waals surface area (Å²) in [4.78, 5) is 14.8. The number of carbonyl (C=O) groups excluding carboxylic acids is 1. The van der Waals surface area contributed by atoms with E-state index in [1.165, 1.54) is 19.3 Å². The van der Waals surface area contributed by atoms with Crippen molar-refractivity contribution in [3.63, 3.8) is 0 Å². The lowest BCUT2D eigenvalue weighted by atomic mass is 9.96. The van der Waals surface area contributed by atoms with Gasteiger partial charge < -0.3 is 14.4 Å². The second-order valence-electron chi connectivity index (χ2n) is 7.70. The lowest BCUT2D eigenvalue weighted by molar-refractivity contribution is 0.0784. The van der Waals surface area contributed by atoms with Crippen molar-refractivity contribution in [1.29, 1.82) is 0 Å². The number of nitrogens with zero attached hydrogens (tertiary/aromatic N) is 4. The largest absolute Gasteiger partial charge is 0.493 e. The SMILES string of the molecule is COc1cccc([C@@H]2CCN(C(=O)c3cn(C4CCCCC4)nn3)C2)c1OC. The van der Waals surface area contributed by atoms with Crippen LogP contribution in [-0.2, 0) is 0 Å². The van der Waals surface area contributed by atoms with Crippen molar-refractivity contribution in [1.82, 2.24) is 19.9 Å². The van der Waals surface area contributed by atoms with Crippen molar-refractivity contribution in [2.24, 2.45) is 0 Å². The van der Waals surface area contributed by atoms with E-state index in [1.807, 2.05) is 27.9 Å². The minimum absolute atomic E-state index is 0.0357. The molecule has 0 unspecified atom stereocenters. The molecule has 150 valence electrons.